The molecule has 0 bridgehead atoms. The highest BCUT2D eigenvalue weighted by atomic mass is 32.1. The summed E-state index contributed by atoms with van der Waals surface area (Å²) < 4.78 is 1.36. The summed E-state index contributed by atoms with van der Waals surface area (Å²) >= 11 is 1.28. The smallest absolute Gasteiger partial charge is 0.264 e. The summed E-state index contributed by atoms with van der Waals surface area (Å²) in [6, 6.07) is 0.209. The lowest BCUT2D eigenvalue weighted by Gasteiger charge is -2.26. The fourth-order valence-corrected chi connectivity index (χ4v) is 5.50. The predicted octanol–water partition coefficient (Wildman–Crippen LogP) is 2.84. The van der Waals surface area contributed by atoms with E-state index in [1.165, 1.54) is 28.7 Å². The van der Waals surface area contributed by atoms with Gasteiger partial charge in [0.15, 0.2) is 0 Å². The number of amides is 2. The Morgan fingerprint density at radius 1 is 1.14 bits per heavy atom. The highest BCUT2D eigenvalue weighted by Gasteiger charge is 2.25. The van der Waals surface area contributed by atoms with Crippen molar-refractivity contribution in [3.8, 4) is 0 Å². The average Bonchev–Trinajstić information content (AvgIpc) is 3.08. The molecule has 1 aliphatic heterocycles. The molecule has 0 radical (unpaired) electrons. The van der Waals surface area contributed by atoms with Crippen molar-refractivity contribution in [2.75, 3.05) is 13.1 Å². The van der Waals surface area contributed by atoms with Crippen LogP contribution in [0.5, 0.6) is 0 Å². The van der Waals surface area contributed by atoms with Gasteiger partial charge in [-0.05, 0) is 44.6 Å². The normalized spacial score (nSPS) is 18.2. The zero-order valence-electron chi connectivity index (χ0n) is 16.9. The van der Waals surface area contributed by atoms with E-state index in [0.717, 1.165) is 58.0 Å². The minimum Gasteiger partial charge on any atom is -0.352 e. The van der Waals surface area contributed by atoms with Gasteiger partial charge in [-0.25, -0.2) is 4.98 Å². The van der Waals surface area contributed by atoms with Crippen molar-refractivity contribution in [3.05, 3.63) is 27.1 Å². The Morgan fingerprint density at radius 3 is 2.55 bits per heavy atom. The van der Waals surface area contributed by atoms with Crippen molar-refractivity contribution < 1.29 is 9.59 Å². The Hall–Kier alpha value is -2.22. The molecule has 0 aromatic carbocycles. The molecule has 1 aliphatic carbocycles. The number of hydrogen-bond acceptors (Lipinski definition) is 5. The summed E-state index contributed by atoms with van der Waals surface area (Å²) in [4.78, 5) is 45.8. The predicted molar refractivity (Wildman–Crippen MR) is 113 cm³/mol. The van der Waals surface area contributed by atoms with Gasteiger partial charge in [0.1, 0.15) is 11.4 Å². The Morgan fingerprint density at radius 2 is 1.83 bits per heavy atom. The van der Waals surface area contributed by atoms with Crippen LogP contribution in [-0.2, 0) is 11.3 Å². The summed E-state index contributed by atoms with van der Waals surface area (Å²) in [5.74, 6) is -0.163. The topological polar surface area (TPSA) is 84.3 Å². The number of hydrogen-bond donors (Lipinski definition) is 1. The summed E-state index contributed by atoms with van der Waals surface area (Å²) in [6.45, 7) is 3.31. The van der Waals surface area contributed by atoms with Crippen LogP contribution in [-0.4, -0.2) is 45.4 Å². The summed E-state index contributed by atoms with van der Waals surface area (Å²) in [5.41, 5.74) is 0.431. The maximum atomic E-state index is 13.0. The molecule has 156 valence electrons. The number of nitrogens with one attached hydrogen (secondary N) is 1. The van der Waals surface area contributed by atoms with Gasteiger partial charge >= 0.3 is 0 Å². The Labute approximate surface area is 174 Å². The highest BCUT2D eigenvalue weighted by molar-refractivity contribution is 7.20. The molecule has 0 atom stereocenters. The van der Waals surface area contributed by atoms with Crippen molar-refractivity contribution in [1.82, 2.24) is 19.8 Å². The number of nitrogens with zero attached hydrogens (tertiary/aromatic N) is 3. The number of rotatable bonds is 4. The van der Waals surface area contributed by atoms with E-state index in [2.05, 4.69) is 10.3 Å². The quantitative estimate of drug-likeness (QED) is 0.831. The molecule has 1 saturated carbocycles. The van der Waals surface area contributed by atoms with Crippen LogP contribution in [0.15, 0.2) is 11.1 Å². The molecule has 1 N–H and O–H groups in total. The second-order valence-electron chi connectivity index (χ2n) is 8.17. The molecule has 2 aromatic heterocycles. The largest absolute Gasteiger partial charge is 0.352 e. The van der Waals surface area contributed by atoms with Gasteiger partial charge in [0.2, 0.25) is 5.91 Å². The molecule has 4 rings (SSSR count). The number of thiophene rings is 1. The van der Waals surface area contributed by atoms with E-state index in [0.29, 0.717) is 20.7 Å². The van der Waals surface area contributed by atoms with Crippen molar-refractivity contribution in [3.63, 3.8) is 0 Å². The first-order valence-electron chi connectivity index (χ1n) is 10.6. The third-order valence-electron chi connectivity index (χ3n) is 6.04. The van der Waals surface area contributed by atoms with Gasteiger partial charge in [-0.1, -0.05) is 19.3 Å². The van der Waals surface area contributed by atoms with E-state index in [-0.39, 0.29) is 30.0 Å². The minimum absolute atomic E-state index is 0.00816. The van der Waals surface area contributed by atoms with E-state index in [1.54, 1.807) is 0 Å². The third kappa shape index (κ3) is 4.22. The highest BCUT2D eigenvalue weighted by Crippen LogP contribution is 2.28. The molecule has 8 heteroatoms. The number of aryl methyl sites for hydroxylation is 1. The van der Waals surface area contributed by atoms with E-state index in [4.69, 9.17) is 0 Å². The maximum Gasteiger partial charge on any atom is 0.264 e. The van der Waals surface area contributed by atoms with Gasteiger partial charge in [-0.15, -0.1) is 11.3 Å². The fraction of sp³-hybridized carbons (Fsp3) is 0.619. The molecule has 29 heavy (non-hydrogen) atoms. The van der Waals surface area contributed by atoms with Gasteiger partial charge in [0.25, 0.3) is 11.5 Å². The van der Waals surface area contributed by atoms with E-state index in [9.17, 15) is 14.4 Å². The lowest BCUT2D eigenvalue weighted by molar-refractivity contribution is -0.122. The molecule has 2 aromatic rings. The number of fused-ring (bicyclic) bond motifs is 1. The van der Waals surface area contributed by atoms with Gasteiger partial charge < -0.3 is 10.2 Å². The number of carbonyl (C=O) groups excluding carboxylic acids is 2. The van der Waals surface area contributed by atoms with Crippen molar-refractivity contribution in [1.29, 1.82) is 0 Å². The Bertz CT molecular complexity index is 968. The molecule has 0 spiro atoms. The molecule has 7 nitrogen and oxygen atoms in total. The zero-order chi connectivity index (χ0) is 20.4. The summed E-state index contributed by atoms with van der Waals surface area (Å²) in [7, 11) is 0. The van der Waals surface area contributed by atoms with Gasteiger partial charge in [0, 0.05) is 19.1 Å². The summed E-state index contributed by atoms with van der Waals surface area (Å²) in [6.07, 6.45) is 10.1. The molecular formula is C21H28N4O3S. The first-order chi connectivity index (χ1) is 14.0. The molecular weight excluding hydrogens is 388 g/mol. The van der Waals surface area contributed by atoms with Crippen LogP contribution in [0.25, 0.3) is 10.2 Å². The van der Waals surface area contributed by atoms with Gasteiger partial charge in [-0.3, -0.25) is 19.0 Å². The standard InChI is InChI=1S/C21H28N4O3S/c1-14-17-19(29-18(14)21(28)24-10-6-3-7-11-24)22-13-25(20(17)27)12-16(26)23-15-8-4-2-5-9-15/h13,15H,2-12H2,1H3,(H,23,26). The Kier molecular flexibility index (Phi) is 5.99. The minimum atomic E-state index is -0.250. The lowest BCUT2D eigenvalue weighted by atomic mass is 9.95. The lowest BCUT2D eigenvalue weighted by Crippen LogP contribution is -2.39. The third-order valence-corrected chi connectivity index (χ3v) is 7.23. The SMILES string of the molecule is Cc1c(C(=O)N2CCCCC2)sc2ncn(CC(=O)NC3CCCCC3)c(=O)c12. The van der Waals surface area contributed by atoms with Crippen molar-refractivity contribution in [2.24, 2.45) is 0 Å². The number of piperidine rings is 1. The second-order valence-corrected chi connectivity index (χ2v) is 9.17. The zero-order valence-corrected chi connectivity index (χ0v) is 17.7. The van der Waals surface area contributed by atoms with Crippen LogP contribution in [0.1, 0.15) is 66.6 Å². The van der Waals surface area contributed by atoms with Crippen LogP contribution in [0.4, 0.5) is 0 Å². The molecule has 2 fully saturated rings. The van der Waals surface area contributed by atoms with Crippen LogP contribution in [0, 0.1) is 6.92 Å². The molecule has 3 heterocycles. The fourth-order valence-electron chi connectivity index (χ4n) is 4.39. The average molecular weight is 417 g/mol. The first kappa shape index (κ1) is 20.1. The molecule has 2 aliphatic rings. The first-order valence-corrected chi connectivity index (χ1v) is 11.4. The van der Waals surface area contributed by atoms with Crippen LogP contribution in [0.2, 0.25) is 0 Å². The van der Waals surface area contributed by atoms with E-state index < -0.39 is 0 Å². The van der Waals surface area contributed by atoms with Crippen molar-refractivity contribution in [2.45, 2.75) is 70.9 Å². The van der Waals surface area contributed by atoms with E-state index >= 15 is 0 Å². The van der Waals surface area contributed by atoms with Crippen LogP contribution < -0.4 is 10.9 Å². The monoisotopic (exact) mass is 416 g/mol. The van der Waals surface area contributed by atoms with Crippen molar-refractivity contribution >= 4 is 33.4 Å². The molecule has 0 unspecified atom stereocenters. The number of likely N-dealkylation sites (tertiary alicyclic amines) is 1. The van der Waals surface area contributed by atoms with Gasteiger partial charge in [-0.2, -0.15) is 0 Å². The van der Waals surface area contributed by atoms with Gasteiger partial charge in [0.05, 0.1) is 16.6 Å². The van der Waals surface area contributed by atoms with E-state index in [1.807, 2.05) is 11.8 Å². The number of aromatic nitrogens is 2. The second kappa shape index (κ2) is 8.65. The van der Waals surface area contributed by atoms with Crippen LogP contribution in [0.3, 0.4) is 0 Å². The molecule has 1 saturated heterocycles. The Balaban J connectivity index is 1.55. The maximum absolute atomic E-state index is 13.0. The molecule has 2 amide bonds. The van der Waals surface area contributed by atoms with Crippen LogP contribution >= 0.6 is 11.3 Å². The number of carbonyl (C=O) groups is 2. The summed E-state index contributed by atoms with van der Waals surface area (Å²) in [5, 5.41) is 3.50.